The zero-order valence-corrected chi connectivity index (χ0v) is 21.9. The lowest BCUT2D eigenvalue weighted by molar-refractivity contribution is -0.152. The number of amides is 3. The molecular weight excluding hydrogens is 482 g/mol. The number of hydrogen-bond acceptors (Lipinski definition) is 6. The Kier molecular flexibility index (Phi) is 6.69. The number of hydrogen-bond donors (Lipinski definition) is 2. The maximum atomic E-state index is 13.7. The lowest BCUT2D eigenvalue weighted by Gasteiger charge is -2.45. The van der Waals surface area contributed by atoms with Crippen LogP contribution in [0.15, 0.2) is 54.7 Å². The van der Waals surface area contributed by atoms with Gasteiger partial charge in [-0.25, -0.2) is 9.78 Å². The molecule has 3 heterocycles. The van der Waals surface area contributed by atoms with Crippen molar-refractivity contribution in [3.05, 3.63) is 71.4 Å². The smallest absolute Gasteiger partial charge is 0.411 e. The van der Waals surface area contributed by atoms with Crippen molar-refractivity contribution >= 4 is 34.5 Å². The minimum Gasteiger partial charge on any atom is -0.444 e. The van der Waals surface area contributed by atoms with Crippen LogP contribution in [0.2, 0.25) is 0 Å². The number of fused-ring (bicyclic) bond motifs is 2. The van der Waals surface area contributed by atoms with Crippen molar-refractivity contribution < 1.29 is 19.1 Å². The van der Waals surface area contributed by atoms with E-state index in [1.54, 1.807) is 31.9 Å². The van der Waals surface area contributed by atoms with Crippen LogP contribution in [0.4, 0.5) is 10.6 Å². The summed E-state index contributed by atoms with van der Waals surface area (Å²) >= 11 is 0. The number of anilines is 1. The van der Waals surface area contributed by atoms with Gasteiger partial charge in [0.25, 0.3) is 0 Å². The van der Waals surface area contributed by atoms with Gasteiger partial charge in [-0.05, 0) is 61.4 Å². The Morgan fingerprint density at radius 2 is 1.82 bits per heavy atom. The second kappa shape index (κ2) is 9.96. The maximum Gasteiger partial charge on any atom is 0.411 e. The molecule has 9 nitrogen and oxygen atoms in total. The van der Waals surface area contributed by atoms with Crippen molar-refractivity contribution in [1.29, 1.82) is 0 Å². The van der Waals surface area contributed by atoms with Crippen molar-refractivity contribution in [1.82, 2.24) is 20.1 Å². The number of aromatic nitrogens is 1. The number of rotatable bonds is 4. The average Bonchev–Trinajstić information content (AvgIpc) is 2.85. The predicted octanol–water partition coefficient (Wildman–Crippen LogP) is 3.40. The lowest BCUT2D eigenvalue weighted by Crippen LogP contribution is -2.63. The molecule has 0 spiro atoms. The van der Waals surface area contributed by atoms with Crippen LogP contribution in [0.25, 0.3) is 10.8 Å². The van der Waals surface area contributed by atoms with Gasteiger partial charge >= 0.3 is 6.09 Å². The Morgan fingerprint density at radius 1 is 1.05 bits per heavy atom. The lowest BCUT2D eigenvalue weighted by atomic mass is 9.91. The van der Waals surface area contributed by atoms with E-state index in [-0.39, 0.29) is 18.4 Å². The predicted molar refractivity (Wildman–Crippen MR) is 144 cm³/mol. The molecule has 0 bridgehead atoms. The fourth-order valence-corrected chi connectivity index (χ4v) is 5.04. The molecule has 3 N–H and O–H groups in total. The Hall–Kier alpha value is -4.14. The van der Waals surface area contributed by atoms with Crippen LogP contribution in [0.5, 0.6) is 0 Å². The van der Waals surface area contributed by atoms with Gasteiger partial charge in [-0.2, -0.15) is 0 Å². The average molecular weight is 516 g/mol. The molecule has 2 aliphatic heterocycles. The molecule has 0 aliphatic carbocycles. The number of ether oxygens (including phenoxy) is 1. The first-order valence-corrected chi connectivity index (χ1v) is 12.9. The highest BCUT2D eigenvalue weighted by Crippen LogP contribution is 2.29. The normalized spacial score (nSPS) is 18.9. The second-order valence-corrected chi connectivity index (χ2v) is 10.9. The molecule has 2 atom stereocenters. The summed E-state index contributed by atoms with van der Waals surface area (Å²) in [5, 5.41) is 4.78. The molecule has 2 aromatic carbocycles. The summed E-state index contributed by atoms with van der Waals surface area (Å²) < 4.78 is 5.63. The second-order valence-electron chi connectivity index (χ2n) is 10.9. The van der Waals surface area contributed by atoms with E-state index in [2.05, 4.69) is 10.3 Å². The fraction of sp³-hybridized carbons (Fsp3) is 0.379. The number of benzene rings is 2. The molecule has 1 aromatic heterocycles. The van der Waals surface area contributed by atoms with Crippen molar-refractivity contribution in [2.45, 2.75) is 64.4 Å². The van der Waals surface area contributed by atoms with E-state index in [4.69, 9.17) is 10.5 Å². The number of nitrogen functional groups attached to an aromatic ring is 1. The monoisotopic (exact) mass is 515 g/mol. The molecule has 3 aromatic rings. The summed E-state index contributed by atoms with van der Waals surface area (Å²) in [7, 11) is 0. The third-order valence-corrected chi connectivity index (χ3v) is 7.09. The van der Waals surface area contributed by atoms with Crippen molar-refractivity contribution in [2.75, 3.05) is 12.3 Å². The Labute approximate surface area is 221 Å². The third kappa shape index (κ3) is 5.14. The Balaban J connectivity index is 1.28. The van der Waals surface area contributed by atoms with Crippen LogP contribution in [-0.2, 0) is 33.8 Å². The van der Waals surface area contributed by atoms with Crippen LogP contribution < -0.4 is 11.1 Å². The standard InChI is InChI=1S/C29H33N5O4/c1-29(2,3)38-28(37)34-17-21-7-5-4-6-19(21)15-24(34)27(36)33-13-11-23(33)26(35)32-16-18-8-9-22-20(14-18)10-12-31-25(22)30/h4-10,12,14,23-24H,11,13,15-17H2,1-3H3,(H2,30,31)(H,32,35)/t23-,24?/m1/s1. The van der Waals surface area contributed by atoms with Gasteiger partial charge in [-0.3, -0.25) is 14.5 Å². The fourth-order valence-electron chi connectivity index (χ4n) is 5.04. The van der Waals surface area contributed by atoms with E-state index in [1.165, 1.54) is 4.90 Å². The Morgan fingerprint density at radius 3 is 2.53 bits per heavy atom. The molecular formula is C29H33N5O4. The van der Waals surface area contributed by atoms with E-state index < -0.39 is 23.8 Å². The first-order chi connectivity index (χ1) is 18.1. The van der Waals surface area contributed by atoms with Crippen molar-refractivity contribution in [2.24, 2.45) is 0 Å². The number of carbonyl (C=O) groups excluding carboxylic acids is 3. The number of nitrogens with zero attached hydrogens (tertiary/aromatic N) is 3. The zero-order chi connectivity index (χ0) is 27.0. The number of carbonyl (C=O) groups is 3. The molecule has 1 fully saturated rings. The van der Waals surface area contributed by atoms with E-state index >= 15 is 0 Å². The number of likely N-dealkylation sites (tertiary alicyclic amines) is 1. The molecule has 0 saturated carbocycles. The van der Waals surface area contributed by atoms with Crippen molar-refractivity contribution in [3.8, 4) is 0 Å². The SMILES string of the molecule is CC(C)(C)OC(=O)N1Cc2ccccc2CC1C(=O)N1CC[C@@H]1C(=O)NCc1ccc2c(N)nccc2c1. The minimum atomic E-state index is -0.727. The summed E-state index contributed by atoms with van der Waals surface area (Å²) in [6, 6.07) is 14.1. The van der Waals surface area contributed by atoms with Gasteiger partial charge in [0, 0.05) is 31.1 Å². The summed E-state index contributed by atoms with van der Waals surface area (Å²) in [5.74, 6) is 0.0249. The van der Waals surface area contributed by atoms with Gasteiger partial charge in [-0.1, -0.05) is 36.4 Å². The highest BCUT2D eigenvalue weighted by molar-refractivity contribution is 5.94. The summed E-state index contributed by atoms with van der Waals surface area (Å²) in [6.07, 6.45) is 2.09. The van der Waals surface area contributed by atoms with E-state index in [1.807, 2.05) is 48.5 Å². The first kappa shape index (κ1) is 25.5. The highest BCUT2D eigenvalue weighted by Gasteiger charge is 2.45. The summed E-state index contributed by atoms with van der Waals surface area (Å²) in [6.45, 7) is 6.49. The maximum absolute atomic E-state index is 13.7. The molecule has 38 heavy (non-hydrogen) atoms. The van der Waals surface area contributed by atoms with Gasteiger partial charge in [-0.15, -0.1) is 0 Å². The van der Waals surface area contributed by atoms with Crippen LogP contribution >= 0.6 is 0 Å². The van der Waals surface area contributed by atoms with Crippen LogP contribution in [0.3, 0.4) is 0 Å². The molecule has 2 aliphatic rings. The molecule has 9 heteroatoms. The first-order valence-electron chi connectivity index (χ1n) is 12.9. The number of pyridine rings is 1. The molecule has 198 valence electrons. The summed E-state index contributed by atoms with van der Waals surface area (Å²) in [4.78, 5) is 47.1. The van der Waals surface area contributed by atoms with Crippen molar-refractivity contribution in [3.63, 3.8) is 0 Å². The molecule has 1 unspecified atom stereocenters. The van der Waals surface area contributed by atoms with E-state index in [0.717, 1.165) is 27.5 Å². The number of nitrogens with two attached hydrogens (primary N) is 1. The topological polar surface area (TPSA) is 118 Å². The Bertz CT molecular complexity index is 1400. The van der Waals surface area contributed by atoms with E-state index in [9.17, 15) is 14.4 Å². The highest BCUT2D eigenvalue weighted by atomic mass is 16.6. The molecule has 5 rings (SSSR count). The number of nitrogens with one attached hydrogen (secondary N) is 1. The van der Waals surface area contributed by atoms with Gasteiger partial charge in [0.1, 0.15) is 23.5 Å². The van der Waals surface area contributed by atoms with Crippen LogP contribution in [0, 0.1) is 0 Å². The van der Waals surface area contributed by atoms with Crippen LogP contribution in [0.1, 0.15) is 43.9 Å². The van der Waals surface area contributed by atoms with E-state index in [0.29, 0.717) is 31.7 Å². The zero-order valence-electron chi connectivity index (χ0n) is 21.9. The van der Waals surface area contributed by atoms with Crippen LogP contribution in [-0.4, -0.2) is 56.9 Å². The quantitative estimate of drug-likeness (QED) is 0.550. The molecule has 3 amide bonds. The van der Waals surface area contributed by atoms with Gasteiger partial charge in [0.2, 0.25) is 11.8 Å². The third-order valence-electron chi connectivity index (χ3n) is 7.09. The van der Waals surface area contributed by atoms with Gasteiger partial charge in [0.15, 0.2) is 0 Å². The largest absolute Gasteiger partial charge is 0.444 e. The molecule has 0 radical (unpaired) electrons. The minimum absolute atomic E-state index is 0.209. The van der Waals surface area contributed by atoms with Gasteiger partial charge < -0.3 is 20.7 Å². The molecule has 1 saturated heterocycles. The summed E-state index contributed by atoms with van der Waals surface area (Å²) in [5.41, 5.74) is 8.19. The van der Waals surface area contributed by atoms with Gasteiger partial charge in [0.05, 0.1) is 6.54 Å².